The van der Waals surface area contributed by atoms with Gasteiger partial charge in [0.15, 0.2) is 6.61 Å². The number of thiophene rings is 1. The monoisotopic (exact) mass is 380 g/mol. The number of nitrogens with zero attached hydrogens (tertiary/aromatic N) is 2. The zero-order chi connectivity index (χ0) is 18.6. The van der Waals surface area contributed by atoms with E-state index < -0.39 is 0 Å². The number of benzene rings is 1. The number of carbonyl (C=O) groups excluding carboxylic acids is 2. The molecule has 0 N–H and O–H groups in total. The van der Waals surface area contributed by atoms with Crippen LogP contribution in [0, 0.1) is 0 Å². The van der Waals surface area contributed by atoms with E-state index in [1.54, 1.807) is 47.9 Å². The van der Waals surface area contributed by atoms with Gasteiger partial charge in [0.1, 0.15) is 23.5 Å². The van der Waals surface area contributed by atoms with E-state index in [1.807, 2.05) is 23.6 Å². The molecule has 1 amide bonds. The Morgan fingerprint density at radius 3 is 2.78 bits per heavy atom. The van der Waals surface area contributed by atoms with E-state index >= 15 is 0 Å². The third-order valence-corrected chi connectivity index (χ3v) is 5.20. The van der Waals surface area contributed by atoms with Gasteiger partial charge in [0.25, 0.3) is 5.91 Å². The highest BCUT2D eigenvalue weighted by Gasteiger charge is 2.34. The highest BCUT2D eigenvalue weighted by molar-refractivity contribution is 7.10. The lowest BCUT2D eigenvalue weighted by Crippen LogP contribution is -2.31. The molecule has 7 heteroatoms. The van der Waals surface area contributed by atoms with E-state index in [1.165, 1.54) is 5.01 Å². The van der Waals surface area contributed by atoms with Crippen LogP contribution in [0.15, 0.2) is 69.7 Å². The minimum Gasteiger partial charge on any atom is -0.484 e. The van der Waals surface area contributed by atoms with Crippen molar-refractivity contribution in [3.05, 3.63) is 76.4 Å². The van der Waals surface area contributed by atoms with Gasteiger partial charge in [-0.2, -0.15) is 5.10 Å². The Morgan fingerprint density at radius 1 is 1.26 bits per heavy atom. The summed E-state index contributed by atoms with van der Waals surface area (Å²) in [4.78, 5) is 24.5. The fraction of sp³-hybridized carbons (Fsp3) is 0.150. The molecule has 6 nitrogen and oxygen atoms in total. The lowest BCUT2D eigenvalue weighted by atomic mass is 10.1. The van der Waals surface area contributed by atoms with E-state index in [0.29, 0.717) is 23.5 Å². The van der Waals surface area contributed by atoms with E-state index in [9.17, 15) is 9.59 Å². The molecular formula is C20H16N2O4S. The van der Waals surface area contributed by atoms with Crippen LogP contribution in [0.5, 0.6) is 5.75 Å². The Bertz CT molecular complexity index is 947. The number of hydrazone groups is 1. The normalized spacial score (nSPS) is 16.2. The first kappa shape index (κ1) is 17.2. The Morgan fingerprint density at radius 2 is 2.11 bits per heavy atom. The highest BCUT2D eigenvalue weighted by atomic mass is 32.1. The number of rotatable bonds is 6. The summed E-state index contributed by atoms with van der Waals surface area (Å²) in [6.45, 7) is -0.142. The maximum Gasteiger partial charge on any atom is 0.281 e. The smallest absolute Gasteiger partial charge is 0.281 e. The topological polar surface area (TPSA) is 72.1 Å². The molecule has 1 aliphatic heterocycles. The molecule has 0 spiro atoms. The van der Waals surface area contributed by atoms with Gasteiger partial charge in [0, 0.05) is 16.9 Å². The summed E-state index contributed by atoms with van der Waals surface area (Å²) in [5, 5.41) is 7.95. The maximum atomic E-state index is 12.8. The van der Waals surface area contributed by atoms with Crippen molar-refractivity contribution in [2.45, 2.75) is 12.5 Å². The second-order valence-corrected chi connectivity index (χ2v) is 6.95. The molecule has 3 heterocycles. The minimum absolute atomic E-state index is 0.142. The van der Waals surface area contributed by atoms with Crippen LogP contribution in [-0.4, -0.2) is 29.5 Å². The van der Waals surface area contributed by atoms with Crippen molar-refractivity contribution in [2.24, 2.45) is 5.10 Å². The second-order valence-electron chi connectivity index (χ2n) is 5.97. The third-order valence-electron chi connectivity index (χ3n) is 4.22. The summed E-state index contributed by atoms with van der Waals surface area (Å²) in [5.41, 5.74) is 1.29. The molecule has 0 bridgehead atoms. The Labute approximate surface area is 159 Å². The molecule has 0 radical (unpaired) electrons. The fourth-order valence-corrected chi connectivity index (χ4v) is 3.70. The molecule has 0 saturated carbocycles. The van der Waals surface area contributed by atoms with Crippen LogP contribution in [0.3, 0.4) is 0 Å². The van der Waals surface area contributed by atoms with Gasteiger partial charge in [-0.15, -0.1) is 11.3 Å². The second kappa shape index (κ2) is 7.59. The van der Waals surface area contributed by atoms with E-state index in [4.69, 9.17) is 9.15 Å². The van der Waals surface area contributed by atoms with Crippen molar-refractivity contribution in [3.8, 4) is 5.75 Å². The van der Waals surface area contributed by atoms with Crippen LogP contribution in [0.25, 0.3) is 0 Å². The number of furan rings is 1. The van der Waals surface area contributed by atoms with Crippen molar-refractivity contribution in [1.29, 1.82) is 0 Å². The number of ether oxygens (including phenoxy) is 1. The Kier molecular flexibility index (Phi) is 4.84. The first-order valence-corrected chi connectivity index (χ1v) is 9.27. The van der Waals surface area contributed by atoms with Gasteiger partial charge in [-0.3, -0.25) is 9.59 Å². The van der Waals surface area contributed by atoms with E-state index in [-0.39, 0.29) is 18.6 Å². The SMILES string of the molecule is O=Cc1ccc(OCC(=O)N2N=C(c3ccco3)CC2c2cccs2)cc1. The van der Waals surface area contributed by atoms with Gasteiger partial charge < -0.3 is 9.15 Å². The molecule has 3 aromatic rings. The van der Waals surface area contributed by atoms with Crippen molar-refractivity contribution < 1.29 is 18.7 Å². The lowest BCUT2D eigenvalue weighted by Gasteiger charge is -2.20. The predicted molar refractivity (Wildman–Crippen MR) is 101 cm³/mol. The molecule has 4 rings (SSSR count). The number of amides is 1. The molecule has 1 aromatic carbocycles. The summed E-state index contributed by atoms with van der Waals surface area (Å²) >= 11 is 1.59. The zero-order valence-corrected chi connectivity index (χ0v) is 15.1. The molecule has 0 fully saturated rings. The van der Waals surface area contributed by atoms with Gasteiger partial charge in [0.2, 0.25) is 0 Å². The van der Waals surface area contributed by atoms with E-state index in [2.05, 4.69) is 5.10 Å². The predicted octanol–water partition coefficient (Wildman–Crippen LogP) is 3.91. The van der Waals surface area contributed by atoms with Crippen LogP contribution >= 0.6 is 11.3 Å². The third kappa shape index (κ3) is 3.68. The molecule has 136 valence electrons. The van der Waals surface area contributed by atoms with Crippen LogP contribution in [-0.2, 0) is 4.79 Å². The average Bonchev–Trinajstić information content (AvgIpc) is 3.46. The van der Waals surface area contributed by atoms with Gasteiger partial charge in [-0.25, -0.2) is 5.01 Å². The number of carbonyl (C=O) groups is 2. The summed E-state index contributed by atoms with van der Waals surface area (Å²) < 4.78 is 11.0. The van der Waals surface area contributed by atoms with Gasteiger partial charge >= 0.3 is 0 Å². The van der Waals surface area contributed by atoms with Crippen molar-refractivity contribution in [1.82, 2.24) is 5.01 Å². The van der Waals surface area contributed by atoms with Crippen molar-refractivity contribution in [2.75, 3.05) is 6.61 Å². The van der Waals surface area contributed by atoms with Gasteiger partial charge in [0.05, 0.1) is 12.3 Å². The molecule has 1 atom stereocenters. The summed E-state index contributed by atoms with van der Waals surface area (Å²) in [6, 6.07) is 14.0. The Hall–Kier alpha value is -3.19. The van der Waals surface area contributed by atoms with Gasteiger partial charge in [-0.05, 0) is 47.8 Å². The molecule has 27 heavy (non-hydrogen) atoms. The largest absolute Gasteiger partial charge is 0.484 e. The van der Waals surface area contributed by atoms with Crippen LogP contribution in [0.2, 0.25) is 0 Å². The quantitative estimate of drug-likeness (QED) is 0.608. The number of aldehydes is 1. The lowest BCUT2D eigenvalue weighted by molar-refractivity contribution is -0.135. The first-order chi connectivity index (χ1) is 13.2. The minimum atomic E-state index is -0.241. The average molecular weight is 380 g/mol. The highest BCUT2D eigenvalue weighted by Crippen LogP contribution is 2.35. The van der Waals surface area contributed by atoms with E-state index in [0.717, 1.165) is 16.9 Å². The molecule has 0 aliphatic carbocycles. The summed E-state index contributed by atoms with van der Waals surface area (Å²) in [6.07, 6.45) is 2.94. The van der Waals surface area contributed by atoms with Crippen molar-refractivity contribution >= 4 is 29.2 Å². The van der Waals surface area contributed by atoms with Crippen LogP contribution in [0.1, 0.15) is 33.5 Å². The fourth-order valence-electron chi connectivity index (χ4n) is 2.89. The Balaban J connectivity index is 1.50. The molecule has 1 aliphatic rings. The molecule has 1 unspecified atom stereocenters. The van der Waals surface area contributed by atoms with Crippen LogP contribution in [0.4, 0.5) is 0 Å². The molecular weight excluding hydrogens is 364 g/mol. The molecule has 0 saturated heterocycles. The van der Waals surface area contributed by atoms with Gasteiger partial charge in [-0.1, -0.05) is 6.07 Å². The number of hydrogen-bond acceptors (Lipinski definition) is 6. The maximum absolute atomic E-state index is 12.8. The standard InChI is InChI=1S/C20H16N2O4S/c23-12-14-5-7-15(8-6-14)26-13-20(24)22-17(19-4-2-10-27-19)11-16(21-22)18-3-1-9-25-18/h1-10,12,17H,11,13H2. The first-order valence-electron chi connectivity index (χ1n) is 8.39. The number of hydrogen-bond donors (Lipinski definition) is 0. The van der Waals surface area contributed by atoms with Crippen molar-refractivity contribution in [3.63, 3.8) is 0 Å². The van der Waals surface area contributed by atoms with Crippen LogP contribution < -0.4 is 4.74 Å². The summed E-state index contributed by atoms with van der Waals surface area (Å²) in [5.74, 6) is 0.947. The zero-order valence-electron chi connectivity index (χ0n) is 14.3. The summed E-state index contributed by atoms with van der Waals surface area (Å²) in [7, 11) is 0. The molecule has 2 aromatic heterocycles.